The van der Waals surface area contributed by atoms with E-state index in [1.54, 1.807) is 12.3 Å². The van der Waals surface area contributed by atoms with E-state index in [1.165, 1.54) is 11.3 Å². The number of aryl methyl sites for hydroxylation is 1. The number of hydrogen-bond acceptors (Lipinski definition) is 6. The van der Waals surface area contributed by atoms with Crippen LogP contribution in [-0.2, 0) is 13.6 Å². The van der Waals surface area contributed by atoms with E-state index in [-0.39, 0.29) is 28.4 Å². The van der Waals surface area contributed by atoms with Gasteiger partial charge in [0.2, 0.25) is 0 Å². The van der Waals surface area contributed by atoms with Gasteiger partial charge in [-0.25, -0.2) is 4.98 Å². The van der Waals surface area contributed by atoms with Crippen LogP contribution in [0.1, 0.15) is 17.4 Å². The molecule has 2 aromatic heterocycles. The highest BCUT2D eigenvalue weighted by atomic mass is 35.5. The monoisotopic (exact) mass is 343 g/mol. The standard InChI is InChI=1S/C13H17N5O2S.ClH/c1-16-4-3-15-13(16)11-7-14-2-5-17(11)8-10-6-12(18(19)20)21-9-10;/h3-4,6,9,11,14H,2,5,7-8H2,1H3;1H. The summed E-state index contributed by atoms with van der Waals surface area (Å²) in [5, 5.41) is 16.2. The molecule has 22 heavy (non-hydrogen) atoms. The van der Waals surface area contributed by atoms with Crippen LogP contribution in [0, 0.1) is 10.1 Å². The fraction of sp³-hybridized carbons (Fsp3) is 0.462. The van der Waals surface area contributed by atoms with Gasteiger partial charge in [-0.3, -0.25) is 15.0 Å². The van der Waals surface area contributed by atoms with E-state index in [9.17, 15) is 10.1 Å². The van der Waals surface area contributed by atoms with Gasteiger partial charge in [-0.15, -0.1) is 12.4 Å². The summed E-state index contributed by atoms with van der Waals surface area (Å²) in [5.41, 5.74) is 0.993. The Kier molecular flexibility index (Phi) is 5.52. The molecule has 1 unspecified atom stereocenters. The van der Waals surface area contributed by atoms with Crippen molar-refractivity contribution in [3.8, 4) is 0 Å². The molecule has 1 aliphatic rings. The van der Waals surface area contributed by atoms with Gasteiger partial charge in [0.15, 0.2) is 0 Å². The number of thiophene rings is 1. The van der Waals surface area contributed by atoms with Crippen molar-refractivity contribution in [1.29, 1.82) is 0 Å². The zero-order chi connectivity index (χ0) is 14.8. The van der Waals surface area contributed by atoms with Gasteiger partial charge in [0.05, 0.1) is 11.0 Å². The van der Waals surface area contributed by atoms with Crippen molar-refractivity contribution in [2.45, 2.75) is 12.6 Å². The number of nitrogens with one attached hydrogen (secondary N) is 1. The molecule has 7 nitrogen and oxygen atoms in total. The van der Waals surface area contributed by atoms with Crippen molar-refractivity contribution in [1.82, 2.24) is 19.8 Å². The van der Waals surface area contributed by atoms with Crippen molar-refractivity contribution in [3.05, 3.63) is 45.3 Å². The maximum absolute atomic E-state index is 10.8. The molecule has 1 atom stereocenters. The lowest BCUT2D eigenvalue weighted by molar-refractivity contribution is -0.380. The molecule has 120 valence electrons. The molecular formula is C13H18ClN5O2S. The third kappa shape index (κ3) is 3.46. The van der Waals surface area contributed by atoms with E-state index >= 15 is 0 Å². The molecule has 3 rings (SSSR count). The summed E-state index contributed by atoms with van der Waals surface area (Å²) in [6.45, 7) is 3.38. The van der Waals surface area contributed by atoms with Gasteiger partial charge in [0.1, 0.15) is 5.82 Å². The van der Waals surface area contributed by atoms with Crippen LogP contribution in [0.4, 0.5) is 5.00 Å². The average molecular weight is 344 g/mol. The normalized spacial score (nSPS) is 18.9. The zero-order valence-electron chi connectivity index (χ0n) is 12.1. The second kappa shape index (κ2) is 7.19. The van der Waals surface area contributed by atoms with E-state index in [1.807, 2.05) is 23.2 Å². The number of hydrogen-bond donors (Lipinski definition) is 1. The van der Waals surface area contributed by atoms with E-state index in [0.717, 1.165) is 31.0 Å². The van der Waals surface area contributed by atoms with Crippen LogP contribution in [0.2, 0.25) is 0 Å². The number of rotatable bonds is 4. The third-order valence-corrected chi connectivity index (χ3v) is 4.65. The zero-order valence-corrected chi connectivity index (χ0v) is 13.8. The van der Waals surface area contributed by atoms with Crippen molar-refractivity contribution >= 4 is 28.7 Å². The number of aromatic nitrogens is 2. The topological polar surface area (TPSA) is 76.2 Å². The fourth-order valence-electron chi connectivity index (χ4n) is 2.66. The summed E-state index contributed by atoms with van der Waals surface area (Å²) in [6.07, 6.45) is 3.75. The maximum Gasteiger partial charge on any atom is 0.324 e. The van der Waals surface area contributed by atoms with Gasteiger partial charge in [-0.05, 0) is 5.56 Å². The number of nitro groups is 1. The third-order valence-electron chi connectivity index (χ3n) is 3.72. The van der Waals surface area contributed by atoms with E-state index < -0.39 is 0 Å². The minimum atomic E-state index is -0.331. The van der Waals surface area contributed by atoms with Gasteiger partial charge in [0.25, 0.3) is 0 Å². The van der Waals surface area contributed by atoms with Crippen LogP contribution in [-0.4, -0.2) is 39.0 Å². The first-order valence-corrected chi connectivity index (χ1v) is 7.67. The Labute approximate surface area is 138 Å². The fourth-order valence-corrected chi connectivity index (χ4v) is 3.38. The van der Waals surface area contributed by atoms with Gasteiger partial charge in [-0.1, -0.05) is 11.3 Å². The summed E-state index contributed by atoms with van der Waals surface area (Å²) >= 11 is 1.19. The van der Waals surface area contributed by atoms with Crippen LogP contribution < -0.4 is 5.32 Å². The molecular weight excluding hydrogens is 326 g/mol. The van der Waals surface area contributed by atoms with E-state index in [2.05, 4.69) is 15.2 Å². The van der Waals surface area contributed by atoms with Gasteiger partial charge < -0.3 is 9.88 Å². The molecule has 0 spiro atoms. The lowest BCUT2D eigenvalue weighted by Gasteiger charge is -2.35. The summed E-state index contributed by atoms with van der Waals surface area (Å²) in [4.78, 5) is 17.2. The number of imidazole rings is 1. The lowest BCUT2D eigenvalue weighted by atomic mass is 10.1. The Bertz CT molecular complexity index is 644. The molecule has 9 heteroatoms. The molecule has 0 amide bonds. The minimum absolute atomic E-state index is 0. The molecule has 0 bridgehead atoms. The van der Waals surface area contributed by atoms with Gasteiger partial charge >= 0.3 is 5.00 Å². The predicted octanol–water partition coefficient (Wildman–Crippen LogP) is 1.96. The molecule has 3 heterocycles. The molecule has 1 saturated heterocycles. The lowest BCUT2D eigenvalue weighted by Crippen LogP contribution is -2.46. The summed E-state index contributed by atoms with van der Waals surface area (Å²) in [5.74, 6) is 1.02. The van der Waals surface area contributed by atoms with Crippen LogP contribution in [0.3, 0.4) is 0 Å². The molecule has 0 aromatic carbocycles. The summed E-state index contributed by atoms with van der Waals surface area (Å²) in [7, 11) is 1.99. The average Bonchev–Trinajstić information content (AvgIpc) is 3.09. The van der Waals surface area contributed by atoms with E-state index in [0.29, 0.717) is 6.54 Å². The van der Waals surface area contributed by atoms with Crippen molar-refractivity contribution in [2.75, 3.05) is 19.6 Å². The molecule has 1 N–H and O–H groups in total. The first-order valence-electron chi connectivity index (χ1n) is 6.79. The largest absolute Gasteiger partial charge is 0.337 e. The van der Waals surface area contributed by atoms with Crippen molar-refractivity contribution in [2.24, 2.45) is 7.05 Å². The van der Waals surface area contributed by atoms with Crippen LogP contribution in [0.15, 0.2) is 23.8 Å². The second-order valence-corrected chi connectivity index (χ2v) is 6.03. The smallest absolute Gasteiger partial charge is 0.324 e. The number of piperazine rings is 1. The molecule has 1 fully saturated rings. The Balaban J connectivity index is 0.00000176. The highest BCUT2D eigenvalue weighted by Crippen LogP contribution is 2.27. The van der Waals surface area contributed by atoms with Gasteiger partial charge in [0, 0.05) is 57.1 Å². The Hall–Kier alpha value is -1.48. The molecule has 2 aromatic rings. The molecule has 0 saturated carbocycles. The molecule has 1 aliphatic heterocycles. The highest BCUT2D eigenvalue weighted by molar-refractivity contribution is 7.13. The van der Waals surface area contributed by atoms with Crippen LogP contribution in [0.25, 0.3) is 0 Å². The summed E-state index contributed by atoms with van der Waals surface area (Å²) < 4.78 is 2.03. The SMILES string of the molecule is Cl.Cn1ccnc1C1CNCCN1Cc1csc([N+](=O)[O-])c1. The Morgan fingerprint density at radius 3 is 3.05 bits per heavy atom. The quantitative estimate of drug-likeness (QED) is 0.678. The summed E-state index contributed by atoms with van der Waals surface area (Å²) in [6, 6.07) is 1.86. The maximum atomic E-state index is 10.8. The van der Waals surface area contributed by atoms with Gasteiger partial charge in [-0.2, -0.15) is 0 Å². The Morgan fingerprint density at radius 2 is 2.41 bits per heavy atom. The van der Waals surface area contributed by atoms with Crippen molar-refractivity contribution < 1.29 is 4.92 Å². The second-order valence-electron chi connectivity index (χ2n) is 5.14. The molecule has 0 radical (unpaired) electrons. The van der Waals surface area contributed by atoms with Crippen LogP contribution in [0.5, 0.6) is 0 Å². The first-order chi connectivity index (χ1) is 10.1. The van der Waals surface area contributed by atoms with Crippen LogP contribution >= 0.6 is 23.7 Å². The Morgan fingerprint density at radius 1 is 1.59 bits per heavy atom. The number of halogens is 1. The van der Waals surface area contributed by atoms with Crippen molar-refractivity contribution in [3.63, 3.8) is 0 Å². The first kappa shape index (κ1) is 16.9. The highest BCUT2D eigenvalue weighted by Gasteiger charge is 2.27. The minimum Gasteiger partial charge on any atom is -0.337 e. The molecule has 0 aliphatic carbocycles. The number of nitrogens with zero attached hydrogens (tertiary/aromatic N) is 4. The van der Waals surface area contributed by atoms with E-state index in [4.69, 9.17) is 0 Å². The predicted molar refractivity (Wildman–Crippen MR) is 87.5 cm³/mol.